The highest BCUT2D eigenvalue weighted by atomic mass is 35.5. The molecule has 0 radical (unpaired) electrons. The molecule has 0 unspecified atom stereocenters. The van der Waals surface area contributed by atoms with Gasteiger partial charge in [0.25, 0.3) is 0 Å². The van der Waals surface area contributed by atoms with Crippen LogP contribution in [0.15, 0.2) is 35.7 Å². The number of aromatic nitrogens is 2. The van der Waals surface area contributed by atoms with E-state index < -0.39 is 0 Å². The van der Waals surface area contributed by atoms with Crippen LogP contribution in [0.4, 0.5) is 0 Å². The Morgan fingerprint density at radius 3 is 2.59 bits per heavy atom. The Kier molecular flexibility index (Phi) is 2.57. The number of hydrogen-bond acceptors (Lipinski definition) is 3. The van der Waals surface area contributed by atoms with Crippen molar-refractivity contribution in [3.63, 3.8) is 0 Å². The highest BCUT2D eigenvalue weighted by Crippen LogP contribution is 2.28. The Morgan fingerprint density at radius 1 is 1.06 bits per heavy atom. The molecule has 2 heterocycles. The van der Waals surface area contributed by atoms with Crippen LogP contribution in [0.1, 0.15) is 5.56 Å². The third-order valence-corrected chi connectivity index (χ3v) is 3.87. The fourth-order valence-electron chi connectivity index (χ4n) is 1.66. The van der Waals surface area contributed by atoms with Crippen LogP contribution in [0.25, 0.3) is 21.6 Å². The van der Waals surface area contributed by atoms with E-state index in [0.29, 0.717) is 11.0 Å². The molecule has 84 valence electrons. The molecule has 0 bridgehead atoms. The standard InChI is InChI=1S/C13H9ClN2S/c1-8-2-4-9(5-3-8)13-15-10-6-7-17-11(10)12(14)16-13/h2-7H,1H3. The molecule has 0 aliphatic carbocycles. The molecule has 0 saturated heterocycles. The van der Waals surface area contributed by atoms with Gasteiger partial charge in [-0.2, -0.15) is 0 Å². The highest BCUT2D eigenvalue weighted by molar-refractivity contribution is 7.17. The molecular weight excluding hydrogens is 252 g/mol. The van der Waals surface area contributed by atoms with Gasteiger partial charge in [-0.25, -0.2) is 9.97 Å². The molecule has 0 saturated carbocycles. The molecule has 0 atom stereocenters. The van der Waals surface area contributed by atoms with Crippen molar-refractivity contribution in [3.05, 3.63) is 46.4 Å². The molecule has 0 aliphatic rings. The number of thiophene rings is 1. The third kappa shape index (κ3) is 1.92. The van der Waals surface area contributed by atoms with Crippen LogP contribution in [-0.2, 0) is 0 Å². The second-order valence-electron chi connectivity index (χ2n) is 3.84. The minimum Gasteiger partial charge on any atom is -0.227 e. The Balaban J connectivity index is 2.20. The lowest BCUT2D eigenvalue weighted by atomic mass is 10.1. The fourth-order valence-corrected chi connectivity index (χ4v) is 2.68. The van der Waals surface area contributed by atoms with Crippen LogP contribution in [0.2, 0.25) is 5.15 Å². The zero-order valence-corrected chi connectivity index (χ0v) is 10.7. The van der Waals surface area contributed by atoms with E-state index in [-0.39, 0.29) is 0 Å². The number of rotatable bonds is 1. The number of halogens is 1. The van der Waals surface area contributed by atoms with Crippen LogP contribution < -0.4 is 0 Å². The lowest BCUT2D eigenvalue weighted by Gasteiger charge is -2.02. The summed E-state index contributed by atoms with van der Waals surface area (Å²) < 4.78 is 0.947. The fraction of sp³-hybridized carbons (Fsp3) is 0.0769. The van der Waals surface area contributed by atoms with Gasteiger partial charge in [0.2, 0.25) is 0 Å². The van der Waals surface area contributed by atoms with Gasteiger partial charge in [0.15, 0.2) is 11.0 Å². The second-order valence-corrected chi connectivity index (χ2v) is 5.11. The first-order chi connectivity index (χ1) is 8.24. The van der Waals surface area contributed by atoms with E-state index in [2.05, 4.69) is 16.9 Å². The van der Waals surface area contributed by atoms with E-state index in [1.54, 1.807) is 11.3 Å². The van der Waals surface area contributed by atoms with Gasteiger partial charge < -0.3 is 0 Å². The van der Waals surface area contributed by atoms with Crippen molar-refractivity contribution in [1.82, 2.24) is 9.97 Å². The van der Waals surface area contributed by atoms with Crippen LogP contribution >= 0.6 is 22.9 Å². The van der Waals surface area contributed by atoms with E-state index in [4.69, 9.17) is 11.6 Å². The average molecular weight is 261 g/mol. The maximum atomic E-state index is 6.14. The lowest BCUT2D eigenvalue weighted by Crippen LogP contribution is -1.89. The largest absolute Gasteiger partial charge is 0.227 e. The zero-order valence-electron chi connectivity index (χ0n) is 9.14. The summed E-state index contributed by atoms with van der Waals surface area (Å²) in [5.74, 6) is 0.681. The summed E-state index contributed by atoms with van der Waals surface area (Å²) in [6.45, 7) is 2.06. The monoisotopic (exact) mass is 260 g/mol. The Labute approximate surface area is 108 Å². The number of aryl methyl sites for hydroxylation is 1. The number of fused-ring (bicyclic) bond motifs is 1. The van der Waals surface area contributed by atoms with Crippen molar-refractivity contribution >= 4 is 33.2 Å². The number of hydrogen-bond donors (Lipinski definition) is 0. The van der Waals surface area contributed by atoms with Crippen LogP contribution in [0.3, 0.4) is 0 Å². The van der Waals surface area contributed by atoms with Gasteiger partial charge in [-0.3, -0.25) is 0 Å². The maximum Gasteiger partial charge on any atom is 0.161 e. The van der Waals surface area contributed by atoms with E-state index >= 15 is 0 Å². The number of nitrogens with zero attached hydrogens (tertiary/aromatic N) is 2. The van der Waals surface area contributed by atoms with Gasteiger partial charge in [0, 0.05) is 5.56 Å². The molecule has 3 aromatic rings. The summed E-state index contributed by atoms with van der Waals surface area (Å²) in [4.78, 5) is 8.85. The second kappa shape index (κ2) is 4.09. The molecule has 2 aromatic heterocycles. The summed E-state index contributed by atoms with van der Waals surface area (Å²) in [5, 5.41) is 2.50. The molecular formula is C13H9ClN2S. The van der Waals surface area contributed by atoms with Crippen molar-refractivity contribution < 1.29 is 0 Å². The molecule has 0 amide bonds. The molecule has 17 heavy (non-hydrogen) atoms. The lowest BCUT2D eigenvalue weighted by molar-refractivity contribution is 1.23. The van der Waals surface area contributed by atoms with Crippen molar-refractivity contribution in [2.45, 2.75) is 6.92 Å². The van der Waals surface area contributed by atoms with Gasteiger partial charge in [-0.1, -0.05) is 41.4 Å². The smallest absolute Gasteiger partial charge is 0.161 e. The summed E-state index contributed by atoms with van der Waals surface area (Å²) in [6.07, 6.45) is 0. The maximum absolute atomic E-state index is 6.14. The predicted molar refractivity (Wildman–Crippen MR) is 72.6 cm³/mol. The molecule has 0 fully saturated rings. The SMILES string of the molecule is Cc1ccc(-c2nc(Cl)c3sccc3n2)cc1. The quantitative estimate of drug-likeness (QED) is 0.609. The van der Waals surface area contributed by atoms with Crippen LogP contribution in [-0.4, -0.2) is 9.97 Å². The van der Waals surface area contributed by atoms with Gasteiger partial charge in [0.1, 0.15) is 0 Å². The summed E-state index contributed by atoms with van der Waals surface area (Å²) in [6, 6.07) is 10.1. The first-order valence-corrected chi connectivity index (χ1v) is 6.47. The van der Waals surface area contributed by atoms with Crippen LogP contribution in [0, 0.1) is 6.92 Å². The van der Waals surface area contributed by atoms with Gasteiger partial charge in [0.05, 0.1) is 10.2 Å². The summed E-state index contributed by atoms with van der Waals surface area (Å²) >= 11 is 7.71. The molecule has 4 heteroatoms. The summed E-state index contributed by atoms with van der Waals surface area (Å²) in [7, 11) is 0. The van der Waals surface area contributed by atoms with Gasteiger partial charge >= 0.3 is 0 Å². The molecule has 3 rings (SSSR count). The van der Waals surface area contributed by atoms with Gasteiger partial charge in [-0.05, 0) is 18.4 Å². The van der Waals surface area contributed by atoms with Crippen molar-refractivity contribution in [3.8, 4) is 11.4 Å². The van der Waals surface area contributed by atoms with E-state index in [0.717, 1.165) is 15.8 Å². The molecule has 0 aliphatic heterocycles. The normalized spacial score (nSPS) is 10.9. The Bertz CT molecular complexity index is 673. The van der Waals surface area contributed by atoms with E-state index in [9.17, 15) is 0 Å². The predicted octanol–water partition coefficient (Wildman–Crippen LogP) is 4.32. The third-order valence-electron chi connectivity index (χ3n) is 2.57. The van der Waals surface area contributed by atoms with E-state index in [1.807, 2.05) is 35.7 Å². The van der Waals surface area contributed by atoms with Crippen molar-refractivity contribution in [2.24, 2.45) is 0 Å². The topological polar surface area (TPSA) is 25.8 Å². The van der Waals surface area contributed by atoms with E-state index in [1.165, 1.54) is 5.56 Å². The number of benzene rings is 1. The Hall–Kier alpha value is -1.45. The van der Waals surface area contributed by atoms with Crippen LogP contribution in [0.5, 0.6) is 0 Å². The van der Waals surface area contributed by atoms with Gasteiger partial charge in [-0.15, -0.1) is 11.3 Å². The summed E-state index contributed by atoms with van der Waals surface area (Å²) in [5.41, 5.74) is 3.12. The molecule has 2 nitrogen and oxygen atoms in total. The van der Waals surface area contributed by atoms with Crippen molar-refractivity contribution in [2.75, 3.05) is 0 Å². The zero-order chi connectivity index (χ0) is 11.8. The molecule has 1 aromatic carbocycles. The minimum absolute atomic E-state index is 0.528. The molecule has 0 spiro atoms. The first kappa shape index (κ1) is 10.7. The highest BCUT2D eigenvalue weighted by Gasteiger charge is 2.08. The Morgan fingerprint density at radius 2 is 1.82 bits per heavy atom. The molecule has 0 N–H and O–H groups in total. The first-order valence-electron chi connectivity index (χ1n) is 5.22. The average Bonchev–Trinajstić information content (AvgIpc) is 2.78. The van der Waals surface area contributed by atoms with Crippen molar-refractivity contribution in [1.29, 1.82) is 0 Å². The minimum atomic E-state index is 0.528.